The van der Waals surface area contributed by atoms with Gasteiger partial charge in [0.2, 0.25) is 5.91 Å². The first-order valence-electron chi connectivity index (χ1n) is 4.50. The van der Waals surface area contributed by atoms with Gasteiger partial charge in [-0.25, -0.2) is 0 Å². The molecule has 0 aromatic carbocycles. The van der Waals surface area contributed by atoms with E-state index >= 15 is 0 Å². The van der Waals surface area contributed by atoms with Gasteiger partial charge in [-0.2, -0.15) is 0 Å². The molecule has 1 atom stereocenters. The van der Waals surface area contributed by atoms with E-state index in [0.717, 1.165) is 13.0 Å². The Morgan fingerprint density at radius 2 is 2.15 bits per heavy atom. The molecule has 1 amide bonds. The summed E-state index contributed by atoms with van der Waals surface area (Å²) in [4.78, 5) is 12.7. The van der Waals surface area contributed by atoms with Crippen LogP contribution in [0.2, 0.25) is 0 Å². The van der Waals surface area contributed by atoms with Crippen molar-refractivity contribution in [2.24, 2.45) is 0 Å². The van der Waals surface area contributed by atoms with Crippen LogP contribution in [-0.4, -0.2) is 51.2 Å². The normalized spacial score (nSPS) is 12.6. The maximum Gasteiger partial charge on any atom is 0.236 e. The number of nitrogens with one attached hydrogen (secondary N) is 1. The molecule has 4 heteroatoms. The molecule has 0 fully saturated rings. The standard InChI is InChI=1S/C9H20N2O2/c1-8(5-6-13-4)10-7-9(12)11(2)3/h8,10H,5-7H2,1-4H3. The summed E-state index contributed by atoms with van der Waals surface area (Å²) < 4.78 is 4.93. The van der Waals surface area contributed by atoms with Gasteiger partial charge in [0, 0.05) is 33.9 Å². The van der Waals surface area contributed by atoms with E-state index in [1.54, 1.807) is 26.1 Å². The molecule has 0 aromatic heterocycles. The maximum absolute atomic E-state index is 11.2. The third-order valence-corrected chi connectivity index (χ3v) is 1.86. The molecule has 0 spiro atoms. The third kappa shape index (κ3) is 6.54. The molecule has 13 heavy (non-hydrogen) atoms. The van der Waals surface area contributed by atoms with E-state index in [-0.39, 0.29) is 5.91 Å². The zero-order valence-corrected chi connectivity index (χ0v) is 8.96. The molecule has 0 saturated heterocycles. The molecule has 1 unspecified atom stereocenters. The minimum atomic E-state index is 0.101. The molecule has 0 bridgehead atoms. The number of likely N-dealkylation sites (N-methyl/N-ethyl adjacent to an activating group) is 1. The lowest BCUT2D eigenvalue weighted by Crippen LogP contribution is -2.37. The molecule has 0 rings (SSSR count). The van der Waals surface area contributed by atoms with E-state index in [9.17, 15) is 4.79 Å². The van der Waals surface area contributed by atoms with Crippen molar-refractivity contribution in [2.45, 2.75) is 19.4 Å². The Kier molecular flexibility index (Phi) is 6.54. The van der Waals surface area contributed by atoms with Crippen LogP contribution in [0.4, 0.5) is 0 Å². The monoisotopic (exact) mass is 188 g/mol. The Morgan fingerprint density at radius 3 is 2.62 bits per heavy atom. The van der Waals surface area contributed by atoms with Gasteiger partial charge in [0.15, 0.2) is 0 Å². The number of carbonyl (C=O) groups is 1. The lowest BCUT2D eigenvalue weighted by molar-refractivity contribution is -0.127. The molecule has 0 aromatic rings. The zero-order valence-electron chi connectivity index (χ0n) is 8.96. The van der Waals surface area contributed by atoms with Crippen LogP contribution in [0.15, 0.2) is 0 Å². The van der Waals surface area contributed by atoms with Crippen molar-refractivity contribution in [3.05, 3.63) is 0 Å². The third-order valence-electron chi connectivity index (χ3n) is 1.86. The number of rotatable bonds is 6. The zero-order chi connectivity index (χ0) is 10.3. The molecule has 0 aliphatic carbocycles. The van der Waals surface area contributed by atoms with Crippen molar-refractivity contribution in [3.8, 4) is 0 Å². The number of methoxy groups -OCH3 is 1. The summed E-state index contributed by atoms with van der Waals surface area (Å²) >= 11 is 0. The molecular formula is C9H20N2O2. The number of nitrogens with zero attached hydrogens (tertiary/aromatic N) is 1. The summed E-state index contributed by atoms with van der Waals surface area (Å²) in [7, 11) is 5.19. The fourth-order valence-corrected chi connectivity index (χ4v) is 0.816. The largest absolute Gasteiger partial charge is 0.385 e. The Bertz CT molecular complexity index is 149. The Morgan fingerprint density at radius 1 is 1.54 bits per heavy atom. The van der Waals surface area contributed by atoms with E-state index in [2.05, 4.69) is 5.32 Å². The van der Waals surface area contributed by atoms with Gasteiger partial charge in [0.05, 0.1) is 6.54 Å². The van der Waals surface area contributed by atoms with Gasteiger partial charge < -0.3 is 15.0 Å². The quantitative estimate of drug-likeness (QED) is 0.642. The Hall–Kier alpha value is -0.610. The minimum absolute atomic E-state index is 0.101. The SMILES string of the molecule is COCCC(C)NCC(=O)N(C)C. The lowest BCUT2D eigenvalue weighted by Gasteiger charge is -2.15. The van der Waals surface area contributed by atoms with E-state index in [4.69, 9.17) is 4.74 Å². The van der Waals surface area contributed by atoms with E-state index in [1.807, 2.05) is 6.92 Å². The molecule has 0 radical (unpaired) electrons. The smallest absolute Gasteiger partial charge is 0.236 e. The van der Waals surface area contributed by atoms with Crippen LogP contribution in [0.5, 0.6) is 0 Å². The topological polar surface area (TPSA) is 41.6 Å². The molecular weight excluding hydrogens is 168 g/mol. The first kappa shape index (κ1) is 12.4. The minimum Gasteiger partial charge on any atom is -0.385 e. The van der Waals surface area contributed by atoms with Gasteiger partial charge in [0.25, 0.3) is 0 Å². The summed E-state index contributed by atoms with van der Waals surface area (Å²) in [6.07, 6.45) is 0.928. The first-order chi connectivity index (χ1) is 6.07. The van der Waals surface area contributed by atoms with Gasteiger partial charge in [-0.05, 0) is 13.3 Å². The second kappa shape index (κ2) is 6.86. The van der Waals surface area contributed by atoms with E-state index in [0.29, 0.717) is 12.6 Å². The maximum atomic E-state index is 11.2. The van der Waals surface area contributed by atoms with Crippen LogP contribution < -0.4 is 5.32 Å². The number of hydrogen-bond donors (Lipinski definition) is 1. The highest BCUT2D eigenvalue weighted by Crippen LogP contribution is 1.90. The average Bonchev–Trinajstić information content (AvgIpc) is 2.10. The van der Waals surface area contributed by atoms with Crippen molar-refractivity contribution in [1.82, 2.24) is 10.2 Å². The van der Waals surface area contributed by atoms with Crippen molar-refractivity contribution >= 4 is 5.91 Å². The van der Waals surface area contributed by atoms with E-state index in [1.165, 1.54) is 0 Å². The van der Waals surface area contributed by atoms with Crippen LogP contribution in [0.25, 0.3) is 0 Å². The number of carbonyl (C=O) groups excluding carboxylic acids is 1. The summed E-state index contributed by atoms with van der Waals surface area (Å²) in [6.45, 7) is 3.17. The predicted octanol–water partition coefficient (Wildman–Crippen LogP) is 0.0892. The van der Waals surface area contributed by atoms with Crippen LogP contribution in [-0.2, 0) is 9.53 Å². The molecule has 0 saturated carbocycles. The van der Waals surface area contributed by atoms with Crippen LogP contribution in [0.3, 0.4) is 0 Å². The lowest BCUT2D eigenvalue weighted by atomic mass is 10.2. The molecule has 0 heterocycles. The highest BCUT2D eigenvalue weighted by atomic mass is 16.5. The number of amides is 1. The molecule has 4 nitrogen and oxygen atoms in total. The van der Waals surface area contributed by atoms with Gasteiger partial charge in [-0.15, -0.1) is 0 Å². The fourth-order valence-electron chi connectivity index (χ4n) is 0.816. The van der Waals surface area contributed by atoms with Crippen molar-refractivity contribution in [3.63, 3.8) is 0 Å². The van der Waals surface area contributed by atoms with Crippen LogP contribution >= 0.6 is 0 Å². The van der Waals surface area contributed by atoms with Crippen LogP contribution in [0, 0.1) is 0 Å². The Balaban J connectivity index is 3.46. The molecule has 78 valence electrons. The highest BCUT2D eigenvalue weighted by molar-refractivity contribution is 5.77. The van der Waals surface area contributed by atoms with Crippen LogP contribution in [0.1, 0.15) is 13.3 Å². The Labute approximate surface area is 80.2 Å². The van der Waals surface area contributed by atoms with Crippen molar-refractivity contribution in [2.75, 3.05) is 34.4 Å². The van der Waals surface area contributed by atoms with Gasteiger partial charge in [-0.1, -0.05) is 0 Å². The van der Waals surface area contributed by atoms with Gasteiger partial charge in [-0.3, -0.25) is 4.79 Å². The molecule has 0 aliphatic rings. The number of ether oxygens (including phenoxy) is 1. The van der Waals surface area contributed by atoms with Gasteiger partial charge >= 0.3 is 0 Å². The average molecular weight is 188 g/mol. The highest BCUT2D eigenvalue weighted by Gasteiger charge is 2.06. The summed E-state index contributed by atoms with van der Waals surface area (Å²) in [5.41, 5.74) is 0. The first-order valence-corrected chi connectivity index (χ1v) is 4.50. The predicted molar refractivity (Wildman–Crippen MR) is 52.7 cm³/mol. The summed E-state index contributed by atoms with van der Waals surface area (Å²) in [5.74, 6) is 0.101. The second-order valence-corrected chi connectivity index (χ2v) is 3.35. The fraction of sp³-hybridized carbons (Fsp3) is 0.889. The molecule has 1 N–H and O–H groups in total. The summed E-state index contributed by atoms with van der Waals surface area (Å²) in [6, 6.07) is 0.323. The molecule has 0 aliphatic heterocycles. The second-order valence-electron chi connectivity index (χ2n) is 3.35. The number of hydrogen-bond acceptors (Lipinski definition) is 3. The summed E-state index contributed by atoms with van der Waals surface area (Å²) in [5, 5.41) is 3.13. The van der Waals surface area contributed by atoms with Crippen molar-refractivity contribution in [1.29, 1.82) is 0 Å². The van der Waals surface area contributed by atoms with Crippen molar-refractivity contribution < 1.29 is 9.53 Å². The van der Waals surface area contributed by atoms with Gasteiger partial charge in [0.1, 0.15) is 0 Å². The van der Waals surface area contributed by atoms with E-state index < -0.39 is 0 Å².